The van der Waals surface area contributed by atoms with Gasteiger partial charge in [0.25, 0.3) is 0 Å². The quantitative estimate of drug-likeness (QED) is 0.847. The van der Waals surface area contributed by atoms with Gasteiger partial charge in [-0.05, 0) is 30.0 Å². The van der Waals surface area contributed by atoms with E-state index in [0.29, 0.717) is 23.8 Å². The second-order valence-electron chi connectivity index (χ2n) is 4.38. The number of hydrogen-bond donors (Lipinski definition) is 0. The Bertz CT molecular complexity index is 414. The molecule has 0 saturated carbocycles. The van der Waals surface area contributed by atoms with Gasteiger partial charge < -0.3 is 4.74 Å². The van der Waals surface area contributed by atoms with Crippen LogP contribution in [-0.4, -0.2) is 19.0 Å². The van der Waals surface area contributed by atoms with Crippen molar-refractivity contribution in [1.29, 1.82) is 0 Å². The summed E-state index contributed by atoms with van der Waals surface area (Å²) in [4.78, 5) is 11.9. The highest BCUT2D eigenvalue weighted by Crippen LogP contribution is 2.23. The first-order chi connectivity index (χ1) is 8.15. The van der Waals surface area contributed by atoms with Crippen LogP contribution in [0, 0.1) is 5.92 Å². The first-order valence-corrected chi connectivity index (χ1v) is 6.85. The van der Waals surface area contributed by atoms with Crippen LogP contribution < -0.4 is 0 Å². The largest absolute Gasteiger partial charge is 0.381 e. The molecule has 1 aliphatic heterocycles. The van der Waals surface area contributed by atoms with E-state index in [-0.39, 0.29) is 5.78 Å². The zero-order valence-electron chi connectivity index (χ0n) is 9.42. The smallest absolute Gasteiger partial charge is 0.137 e. The van der Waals surface area contributed by atoms with Crippen LogP contribution in [0.5, 0.6) is 0 Å². The lowest BCUT2D eigenvalue weighted by atomic mass is 9.98. The molecule has 1 aliphatic rings. The maximum atomic E-state index is 11.9. The van der Waals surface area contributed by atoms with Crippen LogP contribution in [0.2, 0.25) is 5.02 Å². The molecule has 17 heavy (non-hydrogen) atoms. The summed E-state index contributed by atoms with van der Waals surface area (Å²) in [6, 6.07) is 5.63. The molecule has 0 amide bonds. The Morgan fingerprint density at radius 1 is 1.53 bits per heavy atom. The van der Waals surface area contributed by atoms with Crippen molar-refractivity contribution in [3.05, 3.63) is 33.3 Å². The highest BCUT2D eigenvalue weighted by molar-refractivity contribution is 9.10. The van der Waals surface area contributed by atoms with E-state index in [1.807, 2.05) is 18.2 Å². The first kappa shape index (κ1) is 13.1. The van der Waals surface area contributed by atoms with Gasteiger partial charge in [0.05, 0.1) is 0 Å². The van der Waals surface area contributed by atoms with Crippen LogP contribution in [-0.2, 0) is 16.0 Å². The molecule has 0 radical (unpaired) electrons. The number of Topliss-reactive ketones (excluding diaryl/α,β-unsaturated/α-hetero) is 1. The minimum absolute atomic E-state index is 0.240. The molecule has 1 saturated heterocycles. The number of benzene rings is 1. The van der Waals surface area contributed by atoms with Gasteiger partial charge in [0.1, 0.15) is 5.78 Å². The Morgan fingerprint density at radius 2 is 2.35 bits per heavy atom. The molecule has 0 spiro atoms. The van der Waals surface area contributed by atoms with Gasteiger partial charge in [-0.15, -0.1) is 0 Å². The van der Waals surface area contributed by atoms with Gasteiger partial charge >= 0.3 is 0 Å². The highest BCUT2D eigenvalue weighted by Gasteiger charge is 2.19. The number of hydrogen-bond acceptors (Lipinski definition) is 2. The highest BCUT2D eigenvalue weighted by atomic mass is 79.9. The van der Waals surface area contributed by atoms with E-state index < -0.39 is 0 Å². The van der Waals surface area contributed by atoms with Gasteiger partial charge in [-0.25, -0.2) is 0 Å². The fourth-order valence-electron chi connectivity index (χ4n) is 2.02. The predicted octanol–water partition coefficient (Wildman–Crippen LogP) is 3.64. The Morgan fingerprint density at radius 3 is 3.00 bits per heavy atom. The minimum atomic E-state index is 0.240. The molecule has 0 aliphatic carbocycles. The topological polar surface area (TPSA) is 26.3 Å². The molecule has 0 aromatic heterocycles. The lowest BCUT2D eigenvalue weighted by Crippen LogP contribution is -2.11. The summed E-state index contributed by atoms with van der Waals surface area (Å²) in [5.41, 5.74) is 0.902. The standard InChI is InChI=1S/C13H14BrClO2/c14-11-2-1-10(13(15)7-11)6-12(16)5-9-3-4-17-8-9/h1-2,7,9H,3-6,8H2. The molecule has 2 rings (SSSR count). The predicted molar refractivity (Wildman–Crippen MR) is 71.4 cm³/mol. The average molecular weight is 318 g/mol. The lowest BCUT2D eigenvalue weighted by Gasteiger charge is -2.07. The van der Waals surface area contributed by atoms with E-state index in [0.717, 1.165) is 29.7 Å². The van der Waals surface area contributed by atoms with E-state index in [1.165, 1.54) is 0 Å². The summed E-state index contributed by atoms with van der Waals surface area (Å²) < 4.78 is 6.20. The number of rotatable bonds is 4. The van der Waals surface area contributed by atoms with E-state index in [1.54, 1.807) is 0 Å². The summed E-state index contributed by atoms with van der Waals surface area (Å²) in [5, 5.41) is 0.649. The fourth-order valence-corrected chi connectivity index (χ4v) is 2.76. The molecule has 1 fully saturated rings. The van der Waals surface area contributed by atoms with Crippen molar-refractivity contribution < 1.29 is 9.53 Å². The second-order valence-corrected chi connectivity index (χ2v) is 5.71. The second kappa shape index (κ2) is 5.98. The molecule has 4 heteroatoms. The Kier molecular flexibility index (Phi) is 4.60. The van der Waals surface area contributed by atoms with Crippen LogP contribution in [0.1, 0.15) is 18.4 Å². The van der Waals surface area contributed by atoms with E-state index in [2.05, 4.69) is 15.9 Å². The third-order valence-corrected chi connectivity index (χ3v) is 3.79. The van der Waals surface area contributed by atoms with Crippen molar-refractivity contribution in [2.24, 2.45) is 5.92 Å². The fraction of sp³-hybridized carbons (Fsp3) is 0.462. The number of halogens is 2. The third-order valence-electron chi connectivity index (χ3n) is 2.94. The van der Waals surface area contributed by atoms with Crippen molar-refractivity contribution in [1.82, 2.24) is 0 Å². The zero-order valence-corrected chi connectivity index (χ0v) is 11.8. The monoisotopic (exact) mass is 316 g/mol. The molecule has 0 N–H and O–H groups in total. The molecule has 1 aromatic carbocycles. The van der Waals surface area contributed by atoms with Crippen molar-refractivity contribution >= 4 is 33.3 Å². The molecule has 0 bridgehead atoms. The zero-order chi connectivity index (χ0) is 12.3. The number of carbonyl (C=O) groups excluding carboxylic acids is 1. The van der Waals surface area contributed by atoms with Crippen molar-refractivity contribution in [3.8, 4) is 0 Å². The SMILES string of the molecule is O=C(Cc1ccc(Br)cc1Cl)CC1CCOC1. The Balaban J connectivity index is 1.93. The molecule has 92 valence electrons. The van der Waals surface area contributed by atoms with E-state index in [9.17, 15) is 4.79 Å². The van der Waals surface area contributed by atoms with Crippen LogP contribution in [0.25, 0.3) is 0 Å². The molecular weight excluding hydrogens is 303 g/mol. The molecule has 2 nitrogen and oxygen atoms in total. The van der Waals surface area contributed by atoms with Crippen LogP contribution >= 0.6 is 27.5 Å². The summed E-state index contributed by atoms with van der Waals surface area (Å²) >= 11 is 9.43. The first-order valence-electron chi connectivity index (χ1n) is 5.68. The van der Waals surface area contributed by atoms with Crippen molar-refractivity contribution in [2.75, 3.05) is 13.2 Å². The molecular formula is C13H14BrClO2. The summed E-state index contributed by atoms with van der Waals surface area (Å²) in [7, 11) is 0. The van der Waals surface area contributed by atoms with Gasteiger partial charge in [0.2, 0.25) is 0 Å². The maximum Gasteiger partial charge on any atom is 0.137 e. The van der Waals surface area contributed by atoms with E-state index >= 15 is 0 Å². The summed E-state index contributed by atoms with van der Waals surface area (Å²) in [6.07, 6.45) is 2.02. The Hall–Kier alpha value is -0.380. The average Bonchev–Trinajstić information content (AvgIpc) is 2.75. The van der Waals surface area contributed by atoms with Crippen LogP contribution in [0.15, 0.2) is 22.7 Å². The van der Waals surface area contributed by atoms with E-state index in [4.69, 9.17) is 16.3 Å². The molecule has 1 aromatic rings. The van der Waals surface area contributed by atoms with Crippen molar-refractivity contribution in [3.63, 3.8) is 0 Å². The molecule has 1 unspecified atom stereocenters. The molecule has 1 heterocycles. The lowest BCUT2D eigenvalue weighted by molar-refractivity contribution is -0.119. The van der Waals surface area contributed by atoms with Crippen molar-refractivity contribution in [2.45, 2.75) is 19.3 Å². The van der Waals surface area contributed by atoms with Gasteiger partial charge in [0.15, 0.2) is 0 Å². The normalized spacial score (nSPS) is 19.5. The summed E-state index contributed by atoms with van der Waals surface area (Å²) in [5.74, 6) is 0.640. The maximum absolute atomic E-state index is 11.9. The third kappa shape index (κ3) is 3.80. The van der Waals surface area contributed by atoms with Crippen LogP contribution in [0.3, 0.4) is 0 Å². The minimum Gasteiger partial charge on any atom is -0.381 e. The number of carbonyl (C=O) groups is 1. The summed E-state index contributed by atoms with van der Waals surface area (Å²) in [6.45, 7) is 1.51. The molecule has 1 atom stereocenters. The van der Waals surface area contributed by atoms with Gasteiger partial charge in [0, 0.05) is 35.6 Å². The van der Waals surface area contributed by atoms with Gasteiger partial charge in [-0.3, -0.25) is 4.79 Å². The number of ether oxygens (including phenoxy) is 1. The number of ketones is 1. The van der Waals surface area contributed by atoms with Gasteiger partial charge in [-0.2, -0.15) is 0 Å². The van der Waals surface area contributed by atoms with Gasteiger partial charge in [-0.1, -0.05) is 33.6 Å². The van der Waals surface area contributed by atoms with Crippen LogP contribution in [0.4, 0.5) is 0 Å². The Labute approximate surface area is 114 Å².